The molecule has 0 aliphatic heterocycles. The van der Waals surface area contributed by atoms with Crippen molar-refractivity contribution >= 4 is 17.7 Å². The van der Waals surface area contributed by atoms with Crippen molar-refractivity contribution in [1.82, 2.24) is 9.97 Å². The van der Waals surface area contributed by atoms with Crippen molar-refractivity contribution in [2.75, 3.05) is 17.6 Å². The second-order valence-electron chi connectivity index (χ2n) is 7.36. The number of nitrogens with zero attached hydrogens (tertiary/aromatic N) is 2. The van der Waals surface area contributed by atoms with Crippen LogP contribution in [0.4, 0.5) is 11.8 Å². The highest BCUT2D eigenvalue weighted by Crippen LogP contribution is 2.26. The zero-order valence-electron chi connectivity index (χ0n) is 16.2. The van der Waals surface area contributed by atoms with Gasteiger partial charge in [-0.25, -0.2) is 4.98 Å². The van der Waals surface area contributed by atoms with E-state index in [0.29, 0.717) is 25.2 Å². The topological polar surface area (TPSA) is 90.1 Å². The van der Waals surface area contributed by atoms with Crippen molar-refractivity contribution in [3.05, 3.63) is 35.4 Å². The fourth-order valence-electron chi connectivity index (χ4n) is 2.56. The Hall–Kier alpha value is -2.63. The molecule has 6 nitrogen and oxygen atoms in total. The number of anilines is 2. The summed E-state index contributed by atoms with van der Waals surface area (Å²) in [6, 6.07) is 7.98. The number of carbonyl (C=O) groups is 1. The van der Waals surface area contributed by atoms with Crippen LogP contribution in [-0.4, -0.2) is 28.1 Å². The second kappa shape index (κ2) is 8.17. The van der Waals surface area contributed by atoms with Gasteiger partial charge in [-0.15, -0.1) is 0 Å². The third-order valence-electron chi connectivity index (χ3n) is 3.91. The van der Waals surface area contributed by atoms with Crippen LogP contribution in [0.5, 0.6) is 0 Å². The van der Waals surface area contributed by atoms with Gasteiger partial charge >= 0.3 is 5.97 Å². The highest BCUT2D eigenvalue weighted by atomic mass is 16.6. The number of nitrogen functional groups attached to an aromatic ring is 1. The Bertz CT molecular complexity index is 782. The number of benzene rings is 1. The molecule has 0 amide bonds. The van der Waals surface area contributed by atoms with Gasteiger partial charge in [0.2, 0.25) is 5.95 Å². The average molecular weight is 356 g/mol. The molecule has 0 bridgehead atoms. The lowest BCUT2D eigenvalue weighted by Crippen LogP contribution is -2.24. The van der Waals surface area contributed by atoms with Gasteiger partial charge in [0, 0.05) is 24.6 Å². The van der Waals surface area contributed by atoms with Gasteiger partial charge < -0.3 is 15.8 Å². The Morgan fingerprint density at radius 2 is 1.96 bits per heavy atom. The van der Waals surface area contributed by atoms with E-state index in [1.54, 1.807) is 0 Å². The predicted octanol–water partition coefficient (Wildman–Crippen LogP) is 3.88. The normalized spacial score (nSPS) is 11.3. The van der Waals surface area contributed by atoms with Crippen LogP contribution in [-0.2, 0) is 9.53 Å². The molecule has 2 aromatic rings. The lowest BCUT2D eigenvalue weighted by Gasteiger charge is -2.19. The minimum absolute atomic E-state index is 0.197. The van der Waals surface area contributed by atoms with Crippen molar-refractivity contribution in [2.45, 2.75) is 53.1 Å². The fraction of sp³-hybridized carbons (Fsp3) is 0.450. The second-order valence-corrected chi connectivity index (χ2v) is 7.36. The smallest absolute Gasteiger partial charge is 0.306 e. The van der Waals surface area contributed by atoms with Crippen molar-refractivity contribution in [1.29, 1.82) is 0 Å². The molecule has 0 radical (unpaired) electrons. The number of aromatic nitrogens is 2. The zero-order chi connectivity index (χ0) is 19.3. The van der Waals surface area contributed by atoms with Gasteiger partial charge in [-0.1, -0.05) is 18.2 Å². The van der Waals surface area contributed by atoms with Crippen LogP contribution >= 0.6 is 0 Å². The Morgan fingerprint density at radius 3 is 2.65 bits per heavy atom. The first-order valence-electron chi connectivity index (χ1n) is 8.82. The number of esters is 1. The van der Waals surface area contributed by atoms with E-state index in [1.807, 2.05) is 39.0 Å². The zero-order valence-corrected chi connectivity index (χ0v) is 16.2. The number of nitrogens with one attached hydrogen (secondary N) is 1. The summed E-state index contributed by atoms with van der Waals surface area (Å²) in [5.41, 5.74) is 9.61. The molecule has 0 atom stereocenters. The van der Waals surface area contributed by atoms with E-state index in [9.17, 15) is 4.79 Å². The number of carbonyl (C=O) groups excluding carboxylic acids is 1. The maximum absolute atomic E-state index is 11.7. The summed E-state index contributed by atoms with van der Waals surface area (Å²) in [7, 11) is 0. The standard InChI is InChI=1S/C20H28N4O2/c1-13-8-6-9-15(14(13)2)16-12-17(24-19(21)23-16)22-11-7-10-18(25)26-20(3,4)5/h6,8-9,12H,7,10-11H2,1-5H3,(H3,21,22,23,24). The van der Waals surface area contributed by atoms with E-state index in [0.717, 1.165) is 11.3 Å². The monoisotopic (exact) mass is 356 g/mol. The molecule has 0 aliphatic carbocycles. The highest BCUT2D eigenvalue weighted by molar-refractivity contribution is 5.70. The maximum Gasteiger partial charge on any atom is 0.306 e. The first-order valence-corrected chi connectivity index (χ1v) is 8.82. The van der Waals surface area contributed by atoms with Crippen LogP contribution in [0.15, 0.2) is 24.3 Å². The average Bonchev–Trinajstić information content (AvgIpc) is 2.52. The van der Waals surface area contributed by atoms with Crippen LogP contribution in [0.3, 0.4) is 0 Å². The van der Waals surface area contributed by atoms with E-state index in [4.69, 9.17) is 10.5 Å². The third-order valence-corrected chi connectivity index (χ3v) is 3.91. The Morgan fingerprint density at radius 1 is 1.23 bits per heavy atom. The minimum atomic E-state index is -0.452. The summed E-state index contributed by atoms with van der Waals surface area (Å²) < 4.78 is 5.30. The fourth-order valence-corrected chi connectivity index (χ4v) is 2.56. The van der Waals surface area contributed by atoms with E-state index >= 15 is 0 Å². The largest absolute Gasteiger partial charge is 0.460 e. The molecule has 1 heterocycles. The molecule has 0 unspecified atom stereocenters. The van der Waals surface area contributed by atoms with Gasteiger partial charge in [0.25, 0.3) is 0 Å². The van der Waals surface area contributed by atoms with Crippen LogP contribution in [0.2, 0.25) is 0 Å². The molecule has 0 saturated carbocycles. The van der Waals surface area contributed by atoms with Crippen LogP contribution in [0.25, 0.3) is 11.3 Å². The first kappa shape index (κ1) is 19.7. The summed E-state index contributed by atoms with van der Waals surface area (Å²) in [4.78, 5) is 20.3. The van der Waals surface area contributed by atoms with Crippen LogP contribution in [0.1, 0.15) is 44.7 Å². The number of aryl methyl sites for hydroxylation is 1. The molecule has 0 spiro atoms. The van der Waals surface area contributed by atoms with Gasteiger partial charge in [-0.2, -0.15) is 4.98 Å². The van der Waals surface area contributed by atoms with E-state index in [-0.39, 0.29) is 11.9 Å². The summed E-state index contributed by atoms with van der Waals surface area (Å²) in [5, 5.41) is 3.21. The third kappa shape index (κ3) is 5.72. The molecule has 1 aromatic heterocycles. The highest BCUT2D eigenvalue weighted by Gasteiger charge is 2.15. The van der Waals surface area contributed by atoms with Crippen LogP contribution < -0.4 is 11.1 Å². The van der Waals surface area contributed by atoms with Gasteiger partial charge in [0.05, 0.1) is 5.69 Å². The summed E-state index contributed by atoms with van der Waals surface area (Å²) in [5.74, 6) is 0.674. The number of rotatable bonds is 6. The molecule has 140 valence electrons. The summed E-state index contributed by atoms with van der Waals surface area (Å²) in [6.07, 6.45) is 1.01. The van der Waals surface area contributed by atoms with E-state index in [1.165, 1.54) is 11.1 Å². The van der Waals surface area contributed by atoms with Crippen molar-refractivity contribution in [3.8, 4) is 11.3 Å². The van der Waals surface area contributed by atoms with Crippen molar-refractivity contribution < 1.29 is 9.53 Å². The summed E-state index contributed by atoms with van der Waals surface area (Å²) in [6.45, 7) is 10.3. The van der Waals surface area contributed by atoms with Gasteiger partial charge in [0.15, 0.2) is 0 Å². The molecular weight excluding hydrogens is 328 g/mol. The molecular formula is C20H28N4O2. The molecule has 0 aliphatic rings. The van der Waals surface area contributed by atoms with E-state index < -0.39 is 5.60 Å². The van der Waals surface area contributed by atoms with Gasteiger partial charge in [-0.05, 0) is 52.2 Å². The number of hydrogen-bond donors (Lipinski definition) is 2. The number of hydrogen-bond acceptors (Lipinski definition) is 6. The Kier molecular flexibility index (Phi) is 6.18. The first-order chi connectivity index (χ1) is 12.2. The van der Waals surface area contributed by atoms with Gasteiger partial charge in [0.1, 0.15) is 11.4 Å². The molecule has 2 rings (SSSR count). The minimum Gasteiger partial charge on any atom is -0.460 e. The van der Waals surface area contributed by atoms with Crippen molar-refractivity contribution in [3.63, 3.8) is 0 Å². The lowest BCUT2D eigenvalue weighted by atomic mass is 10.0. The quantitative estimate of drug-likeness (QED) is 0.603. The molecule has 3 N–H and O–H groups in total. The number of ether oxygens (including phenoxy) is 1. The van der Waals surface area contributed by atoms with Crippen molar-refractivity contribution in [2.24, 2.45) is 0 Å². The molecule has 6 heteroatoms. The molecule has 1 aromatic carbocycles. The van der Waals surface area contributed by atoms with Crippen LogP contribution in [0, 0.1) is 13.8 Å². The Labute approximate surface area is 155 Å². The molecule has 0 saturated heterocycles. The SMILES string of the molecule is Cc1cccc(-c2cc(NCCCC(=O)OC(C)(C)C)nc(N)n2)c1C. The maximum atomic E-state index is 11.7. The predicted molar refractivity (Wildman–Crippen MR) is 105 cm³/mol. The van der Waals surface area contributed by atoms with Gasteiger partial charge in [-0.3, -0.25) is 4.79 Å². The molecule has 26 heavy (non-hydrogen) atoms. The molecule has 0 fully saturated rings. The lowest BCUT2D eigenvalue weighted by molar-refractivity contribution is -0.154. The number of nitrogens with two attached hydrogens (primary N) is 1. The summed E-state index contributed by atoms with van der Waals surface area (Å²) >= 11 is 0. The Balaban J connectivity index is 2.00. The van der Waals surface area contributed by atoms with E-state index in [2.05, 4.69) is 35.2 Å².